The van der Waals surface area contributed by atoms with Gasteiger partial charge in [-0.2, -0.15) is 0 Å². The fourth-order valence-corrected chi connectivity index (χ4v) is 3.26. The summed E-state index contributed by atoms with van der Waals surface area (Å²) in [5.74, 6) is 2.81. The van der Waals surface area contributed by atoms with E-state index in [0.29, 0.717) is 5.41 Å². The fraction of sp³-hybridized carbons (Fsp3) is 1.00. The molecule has 1 rings (SSSR count). The van der Waals surface area contributed by atoms with Gasteiger partial charge in [-0.1, -0.05) is 34.6 Å². The molecule has 0 bridgehead atoms. The van der Waals surface area contributed by atoms with Gasteiger partial charge in [-0.25, -0.2) is 0 Å². The molecule has 0 heterocycles. The first-order chi connectivity index (χ1) is 4.45. The maximum absolute atomic E-state index is 2.40. The third-order valence-electron chi connectivity index (χ3n) is 3.08. The molecule has 0 aromatic heterocycles. The minimum absolute atomic E-state index is 0.633. The summed E-state index contributed by atoms with van der Waals surface area (Å²) in [6.45, 7) is 11.9. The molecule has 2 unspecified atom stereocenters. The molecule has 0 aliphatic heterocycles. The van der Waals surface area contributed by atoms with E-state index in [0.717, 1.165) is 17.8 Å². The van der Waals surface area contributed by atoms with Crippen LogP contribution in [0.15, 0.2) is 0 Å². The van der Waals surface area contributed by atoms with Crippen molar-refractivity contribution in [1.29, 1.82) is 0 Å². The second-order valence-corrected chi connectivity index (χ2v) is 4.94. The Kier molecular flexibility index (Phi) is 1.82. The summed E-state index contributed by atoms with van der Waals surface area (Å²) in [6, 6.07) is 0. The molecule has 0 aromatic carbocycles. The van der Waals surface area contributed by atoms with Crippen molar-refractivity contribution in [2.24, 2.45) is 23.2 Å². The monoisotopic (exact) mass is 140 g/mol. The third kappa shape index (κ3) is 1.09. The Morgan fingerprint density at radius 2 is 1.80 bits per heavy atom. The van der Waals surface area contributed by atoms with Crippen LogP contribution in [0.25, 0.3) is 0 Å². The van der Waals surface area contributed by atoms with Crippen LogP contribution in [0.5, 0.6) is 0 Å². The molecule has 10 heavy (non-hydrogen) atoms. The Balaban J connectivity index is 2.57. The zero-order chi connectivity index (χ0) is 7.94. The van der Waals surface area contributed by atoms with Crippen molar-refractivity contribution in [2.45, 2.75) is 41.0 Å². The molecule has 0 radical (unpaired) electrons. The van der Waals surface area contributed by atoms with Crippen molar-refractivity contribution in [3.8, 4) is 0 Å². The van der Waals surface area contributed by atoms with E-state index in [-0.39, 0.29) is 0 Å². The average Bonchev–Trinajstić information content (AvgIpc) is 1.58. The van der Waals surface area contributed by atoms with Crippen molar-refractivity contribution in [1.82, 2.24) is 0 Å². The number of hydrogen-bond donors (Lipinski definition) is 0. The molecule has 0 amide bonds. The SMILES string of the molecule is CC(C)C1C(C)CC1(C)C. The van der Waals surface area contributed by atoms with E-state index in [4.69, 9.17) is 0 Å². The lowest BCUT2D eigenvalue weighted by Gasteiger charge is -2.52. The Hall–Kier alpha value is 0. The smallest absolute Gasteiger partial charge is 0.0314 e. The van der Waals surface area contributed by atoms with E-state index in [1.807, 2.05) is 0 Å². The molecule has 60 valence electrons. The Labute approximate surface area is 65.0 Å². The molecule has 1 saturated carbocycles. The summed E-state index contributed by atoms with van der Waals surface area (Å²) in [5, 5.41) is 0. The second kappa shape index (κ2) is 2.25. The van der Waals surface area contributed by atoms with E-state index in [1.54, 1.807) is 0 Å². The van der Waals surface area contributed by atoms with Gasteiger partial charge in [0.25, 0.3) is 0 Å². The summed E-state index contributed by atoms with van der Waals surface area (Å²) in [7, 11) is 0. The molecule has 1 aliphatic carbocycles. The molecule has 0 spiro atoms. The van der Waals surface area contributed by atoms with Crippen LogP contribution in [-0.4, -0.2) is 0 Å². The van der Waals surface area contributed by atoms with Gasteiger partial charge < -0.3 is 0 Å². The lowest BCUT2D eigenvalue weighted by molar-refractivity contribution is -0.0332. The first kappa shape index (κ1) is 8.10. The molecule has 1 aliphatic rings. The quantitative estimate of drug-likeness (QED) is 0.524. The van der Waals surface area contributed by atoms with E-state index in [2.05, 4.69) is 34.6 Å². The van der Waals surface area contributed by atoms with Gasteiger partial charge in [0, 0.05) is 0 Å². The Bertz CT molecular complexity index is 117. The van der Waals surface area contributed by atoms with Crippen molar-refractivity contribution in [2.75, 3.05) is 0 Å². The molecule has 1 fully saturated rings. The van der Waals surface area contributed by atoms with Crippen molar-refractivity contribution in [3.63, 3.8) is 0 Å². The van der Waals surface area contributed by atoms with Crippen LogP contribution in [-0.2, 0) is 0 Å². The van der Waals surface area contributed by atoms with Crippen molar-refractivity contribution >= 4 is 0 Å². The van der Waals surface area contributed by atoms with Gasteiger partial charge in [0.2, 0.25) is 0 Å². The van der Waals surface area contributed by atoms with Crippen LogP contribution < -0.4 is 0 Å². The molecular weight excluding hydrogens is 120 g/mol. The summed E-state index contributed by atoms with van der Waals surface area (Å²) < 4.78 is 0. The minimum atomic E-state index is 0.633. The van der Waals surface area contributed by atoms with Gasteiger partial charge in [0.05, 0.1) is 0 Å². The van der Waals surface area contributed by atoms with Crippen molar-refractivity contribution < 1.29 is 0 Å². The standard InChI is InChI=1S/C10H20/c1-7(2)9-8(3)6-10(9,4)5/h7-9H,6H2,1-5H3. The van der Waals surface area contributed by atoms with Gasteiger partial charge in [-0.15, -0.1) is 0 Å². The third-order valence-corrected chi connectivity index (χ3v) is 3.08. The predicted octanol–water partition coefficient (Wildman–Crippen LogP) is 3.32. The van der Waals surface area contributed by atoms with Gasteiger partial charge >= 0.3 is 0 Å². The molecule has 0 heteroatoms. The van der Waals surface area contributed by atoms with Gasteiger partial charge in [-0.3, -0.25) is 0 Å². The van der Waals surface area contributed by atoms with Crippen LogP contribution in [0.1, 0.15) is 41.0 Å². The maximum atomic E-state index is 2.40. The van der Waals surface area contributed by atoms with E-state index >= 15 is 0 Å². The molecule has 0 aromatic rings. The number of rotatable bonds is 1. The summed E-state index contributed by atoms with van der Waals surface area (Å²) >= 11 is 0. The summed E-state index contributed by atoms with van der Waals surface area (Å²) in [5.41, 5.74) is 0.633. The predicted molar refractivity (Wildman–Crippen MR) is 45.9 cm³/mol. The molecule has 0 N–H and O–H groups in total. The Morgan fingerprint density at radius 3 is 1.90 bits per heavy atom. The topological polar surface area (TPSA) is 0 Å². The molecular formula is C10H20. The van der Waals surface area contributed by atoms with Crippen LogP contribution in [0.4, 0.5) is 0 Å². The van der Waals surface area contributed by atoms with Crippen LogP contribution in [0, 0.1) is 23.2 Å². The average molecular weight is 140 g/mol. The summed E-state index contributed by atoms with van der Waals surface area (Å²) in [4.78, 5) is 0. The first-order valence-corrected chi connectivity index (χ1v) is 4.45. The normalized spacial score (nSPS) is 37.8. The fourth-order valence-electron chi connectivity index (χ4n) is 3.26. The molecule has 0 saturated heterocycles. The maximum Gasteiger partial charge on any atom is -0.0314 e. The Morgan fingerprint density at radius 1 is 1.30 bits per heavy atom. The summed E-state index contributed by atoms with van der Waals surface area (Å²) in [6.07, 6.45) is 1.43. The largest absolute Gasteiger partial charge is 0.0625 e. The first-order valence-electron chi connectivity index (χ1n) is 4.45. The molecule has 0 nitrogen and oxygen atoms in total. The second-order valence-electron chi connectivity index (χ2n) is 4.94. The minimum Gasteiger partial charge on any atom is -0.0625 e. The zero-order valence-corrected chi connectivity index (χ0v) is 7.94. The highest BCUT2D eigenvalue weighted by Gasteiger charge is 2.45. The van der Waals surface area contributed by atoms with Crippen LogP contribution in [0.3, 0.4) is 0 Å². The zero-order valence-electron chi connectivity index (χ0n) is 7.94. The lowest BCUT2D eigenvalue weighted by Crippen LogP contribution is -2.45. The van der Waals surface area contributed by atoms with E-state index < -0.39 is 0 Å². The van der Waals surface area contributed by atoms with Gasteiger partial charge in [0.1, 0.15) is 0 Å². The van der Waals surface area contributed by atoms with E-state index in [9.17, 15) is 0 Å². The highest BCUT2D eigenvalue weighted by atomic mass is 14.5. The van der Waals surface area contributed by atoms with E-state index in [1.165, 1.54) is 6.42 Å². The van der Waals surface area contributed by atoms with Gasteiger partial charge in [-0.05, 0) is 29.6 Å². The van der Waals surface area contributed by atoms with Crippen LogP contribution >= 0.6 is 0 Å². The highest BCUT2D eigenvalue weighted by molar-refractivity contribution is 4.94. The number of hydrogen-bond acceptors (Lipinski definition) is 0. The van der Waals surface area contributed by atoms with Gasteiger partial charge in [0.15, 0.2) is 0 Å². The van der Waals surface area contributed by atoms with Crippen LogP contribution in [0.2, 0.25) is 0 Å². The molecule has 2 atom stereocenters. The van der Waals surface area contributed by atoms with Crippen molar-refractivity contribution in [3.05, 3.63) is 0 Å². The highest BCUT2D eigenvalue weighted by Crippen LogP contribution is 2.53. The lowest BCUT2D eigenvalue weighted by atomic mass is 9.53.